The fraction of sp³-hybridized carbons (Fsp3) is 0.611. The lowest BCUT2D eigenvalue weighted by Crippen LogP contribution is -2.23. The minimum atomic E-state index is -0.940. The lowest BCUT2D eigenvalue weighted by atomic mass is 10.1. The van der Waals surface area contributed by atoms with Crippen LogP contribution in [0, 0.1) is 0 Å². The first-order valence-electron chi connectivity index (χ1n) is 8.30. The average Bonchev–Trinajstić information content (AvgIpc) is 2.46. The number of nitrogens with one attached hydrogen (secondary N) is 1. The van der Waals surface area contributed by atoms with Crippen LogP contribution >= 0.6 is 12.4 Å². The van der Waals surface area contributed by atoms with E-state index >= 15 is 0 Å². The second kappa shape index (κ2) is 11.6. The van der Waals surface area contributed by atoms with Gasteiger partial charge in [0.15, 0.2) is 0 Å². The molecule has 24 heavy (non-hydrogen) atoms. The van der Waals surface area contributed by atoms with Gasteiger partial charge < -0.3 is 11.1 Å². The van der Waals surface area contributed by atoms with Crippen molar-refractivity contribution in [1.82, 2.24) is 0 Å². The molecule has 1 atom stereocenters. The van der Waals surface area contributed by atoms with E-state index in [1.54, 1.807) is 0 Å². The van der Waals surface area contributed by atoms with Crippen molar-refractivity contribution in [3.8, 4) is 0 Å². The first-order chi connectivity index (χ1) is 10.8. The average molecular weight is 375 g/mol. The largest absolute Gasteiger partial charge is 0.330 e. The molecular formula is C18H31ClN2O2S. The number of rotatable bonds is 9. The SMILES string of the molecule is CC(C)(C)S(=O)Cc1cccc(NC(=O)CCCCCCN)c1.Cl. The summed E-state index contributed by atoms with van der Waals surface area (Å²) in [5.41, 5.74) is 7.21. The molecular weight excluding hydrogens is 344 g/mol. The molecule has 4 nitrogen and oxygen atoms in total. The molecule has 0 spiro atoms. The van der Waals surface area contributed by atoms with E-state index in [2.05, 4.69) is 5.32 Å². The zero-order valence-corrected chi connectivity index (χ0v) is 16.6. The van der Waals surface area contributed by atoms with E-state index in [1.807, 2.05) is 45.0 Å². The Labute approximate surface area is 154 Å². The molecule has 0 bridgehead atoms. The van der Waals surface area contributed by atoms with Crippen LogP contribution in [0.25, 0.3) is 0 Å². The van der Waals surface area contributed by atoms with E-state index < -0.39 is 10.8 Å². The molecule has 0 heterocycles. The monoisotopic (exact) mass is 374 g/mol. The van der Waals surface area contributed by atoms with Gasteiger partial charge in [0.1, 0.15) is 0 Å². The van der Waals surface area contributed by atoms with E-state index in [0.29, 0.717) is 12.2 Å². The molecule has 0 saturated heterocycles. The Kier molecular flexibility index (Phi) is 11.2. The zero-order valence-electron chi connectivity index (χ0n) is 15.0. The molecule has 0 fully saturated rings. The van der Waals surface area contributed by atoms with Crippen LogP contribution in [0.4, 0.5) is 5.69 Å². The molecule has 1 aromatic carbocycles. The van der Waals surface area contributed by atoms with Gasteiger partial charge in [-0.2, -0.15) is 0 Å². The van der Waals surface area contributed by atoms with Crippen LogP contribution in [0.3, 0.4) is 0 Å². The number of anilines is 1. The maximum Gasteiger partial charge on any atom is 0.224 e. The van der Waals surface area contributed by atoms with Crippen LogP contribution in [0.1, 0.15) is 58.4 Å². The summed E-state index contributed by atoms with van der Waals surface area (Å²) < 4.78 is 12.0. The minimum Gasteiger partial charge on any atom is -0.330 e. The second-order valence-corrected chi connectivity index (χ2v) is 9.01. The van der Waals surface area contributed by atoms with Gasteiger partial charge in [0.2, 0.25) is 5.91 Å². The van der Waals surface area contributed by atoms with Gasteiger partial charge in [-0.15, -0.1) is 12.4 Å². The molecule has 0 aliphatic rings. The number of amides is 1. The number of hydrogen-bond acceptors (Lipinski definition) is 3. The van der Waals surface area contributed by atoms with Crippen LogP contribution in [-0.4, -0.2) is 21.4 Å². The Morgan fingerprint density at radius 1 is 1.17 bits per heavy atom. The Morgan fingerprint density at radius 2 is 1.83 bits per heavy atom. The number of halogens is 1. The standard InChI is InChI=1S/C18H30N2O2S.ClH/c1-18(2,3)23(22)14-15-9-8-10-16(13-15)20-17(21)11-6-4-5-7-12-19;/h8-10,13H,4-7,11-12,14,19H2,1-3H3,(H,20,21);1H. The summed E-state index contributed by atoms with van der Waals surface area (Å²) in [7, 11) is -0.940. The highest BCUT2D eigenvalue weighted by Crippen LogP contribution is 2.19. The van der Waals surface area contributed by atoms with Crippen molar-refractivity contribution in [1.29, 1.82) is 0 Å². The third kappa shape index (κ3) is 9.40. The van der Waals surface area contributed by atoms with Crippen LogP contribution in [0.15, 0.2) is 24.3 Å². The predicted octanol–water partition coefficient (Wildman–Crippen LogP) is 4.00. The van der Waals surface area contributed by atoms with Crippen molar-refractivity contribution >= 4 is 34.8 Å². The van der Waals surface area contributed by atoms with Crippen molar-refractivity contribution < 1.29 is 9.00 Å². The predicted molar refractivity (Wildman–Crippen MR) is 106 cm³/mol. The minimum absolute atomic E-state index is 0. The van der Waals surface area contributed by atoms with Gasteiger partial charge in [0.05, 0.1) is 0 Å². The molecule has 0 aromatic heterocycles. The van der Waals surface area contributed by atoms with Crippen molar-refractivity contribution in [3.63, 3.8) is 0 Å². The number of benzene rings is 1. The topological polar surface area (TPSA) is 72.2 Å². The molecule has 6 heteroatoms. The summed E-state index contributed by atoms with van der Waals surface area (Å²) in [5.74, 6) is 0.540. The normalized spacial score (nSPS) is 12.3. The summed E-state index contributed by atoms with van der Waals surface area (Å²) in [6.07, 6.45) is 4.56. The lowest BCUT2D eigenvalue weighted by Gasteiger charge is -2.18. The van der Waals surface area contributed by atoms with Crippen LogP contribution in [-0.2, 0) is 21.3 Å². The number of carbonyl (C=O) groups excluding carboxylic acids is 1. The lowest BCUT2D eigenvalue weighted by molar-refractivity contribution is -0.116. The maximum absolute atomic E-state index is 12.2. The summed E-state index contributed by atoms with van der Waals surface area (Å²) >= 11 is 0. The van der Waals surface area contributed by atoms with E-state index in [-0.39, 0.29) is 23.1 Å². The third-order valence-electron chi connectivity index (χ3n) is 3.55. The van der Waals surface area contributed by atoms with Crippen LogP contribution in [0.2, 0.25) is 0 Å². The Morgan fingerprint density at radius 3 is 2.46 bits per heavy atom. The number of unbranched alkanes of at least 4 members (excludes halogenated alkanes) is 3. The Balaban J connectivity index is 0.00000529. The molecule has 0 saturated carbocycles. The van der Waals surface area contributed by atoms with E-state index in [4.69, 9.17) is 5.73 Å². The van der Waals surface area contributed by atoms with Crippen molar-refractivity contribution in [2.24, 2.45) is 5.73 Å². The first-order valence-corrected chi connectivity index (χ1v) is 9.62. The number of hydrogen-bond donors (Lipinski definition) is 2. The highest BCUT2D eigenvalue weighted by molar-refractivity contribution is 7.85. The van der Waals surface area contributed by atoms with Gasteiger partial charge in [0.25, 0.3) is 0 Å². The van der Waals surface area contributed by atoms with Gasteiger partial charge in [-0.25, -0.2) is 0 Å². The first kappa shape index (κ1) is 23.1. The zero-order chi connectivity index (χ0) is 17.3. The number of carbonyl (C=O) groups is 1. The van der Waals surface area contributed by atoms with Crippen LogP contribution < -0.4 is 11.1 Å². The molecule has 0 aliphatic heterocycles. The molecule has 1 amide bonds. The van der Waals surface area contributed by atoms with Gasteiger partial charge in [0, 0.05) is 33.4 Å². The Bertz CT molecular complexity index is 530. The van der Waals surface area contributed by atoms with Gasteiger partial charge in [-0.3, -0.25) is 9.00 Å². The second-order valence-electron chi connectivity index (χ2n) is 6.80. The molecule has 1 unspecified atom stereocenters. The van der Waals surface area contributed by atoms with Gasteiger partial charge >= 0.3 is 0 Å². The molecule has 1 aromatic rings. The highest BCUT2D eigenvalue weighted by Gasteiger charge is 2.19. The van der Waals surface area contributed by atoms with Gasteiger partial charge in [-0.1, -0.05) is 25.0 Å². The molecule has 0 aliphatic carbocycles. The highest BCUT2D eigenvalue weighted by atomic mass is 35.5. The number of nitrogens with two attached hydrogens (primary N) is 1. The summed E-state index contributed by atoms with van der Waals surface area (Å²) in [6, 6.07) is 7.63. The quantitative estimate of drug-likeness (QED) is 0.641. The maximum atomic E-state index is 12.2. The molecule has 1 rings (SSSR count). The van der Waals surface area contributed by atoms with Gasteiger partial charge in [-0.05, 0) is 57.9 Å². The van der Waals surface area contributed by atoms with Crippen LogP contribution in [0.5, 0.6) is 0 Å². The molecule has 0 radical (unpaired) electrons. The summed E-state index contributed by atoms with van der Waals surface area (Å²) in [4.78, 5) is 11.9. The van der Waals surface area contributed by atoms with E-state index in [1.165, 1.54) is 0 Å². The smallest absolute Gasteiger partial charge is 0.224 e. The fourth-order valence-corrected chi connectivity index (χ4v) is 3.03. The van der Waals surface area contributed by atoms with E-state index in [0.717, 1.165) is 43.5 Å². The third-order valence-corrected chi connectivity index (χ3v) is 5.51. The molecule has 138 valence electrons. The summed E-state index contributed by atoms with van der Waals surface area (Å²) in [6.45, 7) is 6.63. The Hall–Kier alpha value is -0.910. The van der Waals surface area contributed by atoms with Crippen molar-refractivity contribution in [3.05, 3.63) is 29.8 Å². The van der Waals surface area contributed by atoms with Crippen molar-refractivity contribution in [2.75, 3.05) is 11.9 Å². The van der Waals surface area contributed by atoms with Crippen molar-refractivity contribution in [2.45, 2.75) is 63.4 Å². The van der Waals surface area contributed by atoms with E-state index in [9.17, 15) is 9.00 Å². The summed E-state index contributed by atoms with van der Waals surface area (Å²) in [5, 5.41) is 2.92. The fourth-order valence-electron chi connectivity index (χ4n) is 2.11. The molecule has 3 N–H and O–H groups in total.